The topological polar surface area (TPSA) is 79.8 Å². The molecule has 2 amide bonds. The van der Waals surface area contributed by atoms with Crippen LogP contribution in [0.15, 0.2) is 71.8 Å². The van der Waals surface area contributed by atoms with E-state index < -0.39 is 11.8 Å². The van der Waals surface area contributed by atoms with E-state index >= 15 is 0 Å². The molecule has 0 fully saturated rings. The molecule has 9 heteroatoms. The third kappa shape index (κ3) is 7.00. The van der Waals surface area contributed by atoms with E-state index in [9.17, 15) is 9.59 Å². The summed E-state index contributed by atoms with van der Waals surface area (Å²) in [5, 5.41) is 7.48. The van der Waals surface area contributed by atoms with E-state index in [1.807, 2.05) is 18.2 Å². The summed E-state index contributed by atoms with van der Waals surface area (Å²) in [6.07, 6.45) is 1.40. The van der Waals surface area contributed by atoms with E-state index in [0.29, 0.717) is 38.7 Å². The molecule has 0 unspecified atom stereocenters. The molecule has 0 saturated heterocycles. The van der Waals surface area contributed by atoms with Gasteiger partial charge >= 0.3 is 11.8 Å². The fraction of sp³-hybridized carbons (Fsp3) is 0.0455. The Labute approximate surface area is 193 Å². The lowest BCUT2D eigenvalue weighted by Gasteiger charge is -2.07. The molecule has 0 radical (unpaired) electrons. The number of hydrogen-bond acceptors (Lipinski definition) is 4. The highest BCUT2D eigenvalue weighted by Gasteiger charge is 2.13. The van der Waals surface area contributed by atoms with E-state index in [1.165, 1.54) is 24.4 Å². The molecule has 6 nitrogen and oxygen atoms in total. The first kappa shape index (κ1) is 22.6. The van der Waals surface area contributed by atoms with E-state index in [2.05, 4.69) is 15.8 Å². The summed E-state index contributed by atoms with van der Waals surface area (Å²) in [6.45, 7) is 0.343. The largest absolute Gasteiger partial charge is 0.489 e. The molecule has 0 spiro atoms. The quantitative estimate of drug-likeness (QED) is 0.287. The lowest BCUT2D eigenvalue weighted by atomic mass is 10.2. The van der Waals surface area contributed by atoms with Crippen molar-refractivity contribution in [3.63, 3.8) is 0 Å². The predicted molar refractivity (Wildman–Crippen MR) is 123 cm³/mol. The van der Waals surface area contributed by atoms with Gasteiger partial charge in [0.05, 0.1) is 6.21 Å². The number of halogens is 3. The van der Waals surface area contributed by atoms with Gasteiger partial charge in [-0.25, -0.2) is 5.43 Å². The standard InChI is InChI=1S/C22H16Cl3N3O3/c23-16-9-17(24)11-18(10-16)27-21(29)22(30)28-26-12-14-5-7-19(8-6-14)31-13-15-3-1-2-4-20(15)25/h1-12H,13H2,(H,27,29)(H,28,30)/b26-12+. The molecule has 2 N–H and O–H groups in total. The molecular formula is C22H16Cl3N3O3. The summed E-state index contributed by atoms with van der Waals surface area (Å²) in [5.41, 5.74) is 4.04. The number of nitrogens with zero attached hydrogens (tertiary/aromatic N) is 1. The number of rotatable bonds is 6. The number of nitrogens with one attached hydrogen (secondary N) is 2. The summed E-state index contributed by atoms with van der Waals surface area (Å²) >= 11 is 17.8. The average Bonchev–Trinajstić information content (AvgIpc) is 2.73. The molecule has 3 aromatic carbocycles. The first-order chi connectivity index (χ1) is 14.9. The lowest BCUT2D eigenvalue weighted by Crippen LogP contribution is -2.32. The molecule has 0 aliphatic rings. The van der Waals surface area contributed by atoms with Gasteiger partial charge in [0.25, 0.3) is 0 Å². The number of hydrogen-bond donors (Lipinski definition) is 2. The molecule has 0 bridgehead atoms. The maximum Gasteiger partial charge on any atom is 0.329 e. The Hall–Kier alpha value is -3.06. The van der Waals surface area contributed by atoms with Crippen LogP contribution in [0.2, 0.25) is 15.1 Å². The number of carbonyl (C=O) groups is 2. The van der Waals surface area contributed by atoms with Crippen LogP contribution in [-0.2, 0) is 16.2 Å². The van der Waals surface area contributed by atoms with Crippen LogP contribution in [0.1, 0.15) is 11.1 Å². The van der Waals surface area contributed by atoms with Crippen LogP contribution >= 0.6 is 34.8 Å². The molecular weight excluding hydrogens is 461 g/mol. The van der Waals surface area contributed by atoms with Crippen molar-refractivity contribution < 1.29 is 14.3 Å². The molecule has 31 heavy (non-hydrogen) atoms. The minimum Gasteiger partial charge on any atom is -0.489 e. The summed E-state index contributed by atoms with van der Waals surface area (Å²) in [4.78, 5) is 23.8. The van der Waals surface area contributed by atoms with Gasteiger partial charge in [0, 0.05) is 26.3 Å². The van der Waals surface area contributed by atoms with Crippen molar-refractivity contribution in [2.24, 2.45) is 5.10 Å². The summed E-state index contributed by atoms with van der Waals surface area (Å²) in [7, 11) is 0. The van der Waals surface area contributed by atoms with Crippen LogP contribution in [0.4, 0.5) is 5.69 Å². The van der Waals surface area contributed by atoms with E-state index in [-0.39, 0.29) is 0 Å². The molecule has 3 aromatic rings. The van der Waals surface area contributed by atoms with Crippen LogP contribution in [0.3, 0.4) is 0 Å². The van der Waals surface area contributed by atoms with Crippen molar-refractivity contribution in [1.29, 1.82) is 0 Å². The second-order valence-electron chi connectivity index (χ2n) is 6.26. The number of anilines is 1. The Bertz CT molecular complexity index is 1100. The van der Waals surface area contributed by atoms with E-state index in [0.717, 1.165) is 5.56 Å². The molecule has 0 atom stereocenters. The van der Waals surface area contributed by atoms with Gasteiger partial charge in [-0.15, -0.1) is 0 Å². The minimum atomic E-state index is -0.938. The lowest BCUT2D eigenvalue weighted by molar-refractivity contribution is -0.136. The second kappa shape index (κ2) is 10.8. The zero-order valence-corrected chi connectivity index (χ0v) is 18.2. The van der Waals surface area contributed by atoms with Crippen molar-refractivity contribution in [1.82, 2.24) is 5.43 Å². The highest BCUT2D eigenvalue weighted by atomic mass is 35.5. The van der Waals surface area contributed by atoms with Gasteiger partial charge in [-0.1, -0.05) is 53.0 Å². The van der Waals surface area contributed by atoms with Gasteiger partial charge < -0.3 is 10.1 Å². The highest BCUT2D eigenvalue weighted by Crippen LogP contribution is 2.22. The highest BCUT2D eigenvalue weighted by molar-refractivity contribution is 6.40. The van der Waals surface area contributed by atoms with Crippen LogP contribution in [0.25, 0.3) is 0 Å². The van der Waals surface area contributed by atoms with E-state index in [1.54, 1.807) is 30.3 Å². The second-order valence-corrected chi connectivity index (χ2v) is 7.54. The van der Waals surface area contributed by atoms with Crippen LogP contribution < -0.4 is 15.5 Å². The first-order valence-electron chi connectivity index (χ1n) is 8.97. The van der Waals surface area contributed by atoms with Crippen molar-refractivity contribution >= 4 is 58.5 Å². The smallest absolute Gasteiger partial charge is 0.329 e. The Morgan fingerprint density at radius 2 is 1.58 bits per heavy atom. The minimum absolute atomic E-state index is 0.300. The number of amides is 2. The van der Waals surface area contributed by atoms with Gasteiger partial charge in [-0.2, -0.15) is 5.10 Å². The van der Waals surface area contributed by atoms with E-state index in [4.69, 9.17) is 39.5 Å². The number of hydrazone groups is 1. The van der Waals surface area contributed by atoms with Crippen molar-refractivity contribution in [3.8, 4) is 5.75 Å². The Morgan fingerprint density at radius 1 is 0.903 bits per heavy atom. The molecule has 0 aliphatic heterocycles. The van der Waals surface area contributed by atoms with Crippen molar-refractivity contribution in [2.45, 2.75) is 6.61 Å². The first-order valence-corrected chi connectivity index (χ1v) is 10.1. The summed E-state index contributed by atoms with van der Waals surface area (Å²) in [6, 6.07) is 18.9. The molecule has 158 valence electrons. The predicted octanol–water partition coefficient (Wildman–Crippen LogP) is 5.31. The van der Waals surface area contributed by atoms with Crippen LogP contribution in [0.5, 0.6) is 5.75 Å². The van der Waals surface area contributed by atoms with Gasteiger partial charge in [0.2, 0.25) is 0 Å². The third-order valence-corrected chi connectivity index (χ3v) is 4.74. The van der Waals surface area contributed by atoms with Gasteiger partial charge in [-0.05, 0) is 54.1 Å². The fourth-order valence-corrected chi connectivity index (χ4v) is 3.17. The summed E-state index contributed by atoms with van der Waals surface area (Å²) in [5.74, 6) is -1.19. The maximum absolute atomic E-state index is 11.9. The number of ether oxygens (including phenoxy) is 1. The molecule has 0 aromatic heterocycles. The zero-order chi connectivity index (χ0) is 22.2. The van der Waals surface area contributed by atoms with Crippen molar-refractivity contribution in [2.75, 3.05) is 5.32 Å². The third-order valence-electron chi connectivity index (χ3n) is 3.94. The Kier molecular flexibility index (Phi) is 7.89. The Balaban J connectivity index is 1.49. The van der Waals surface area contributed by atoms with Gasteiger partial charge in [0.15, 0.2) is 0 Å². The molecule has 0 aliphatic carbocycles. The normalized spacial score (nSPS) is 10.7. The zero-order valence-electron chi connectivity index (χ0n) is 15.9. The SMILES string of the molecule is O=C(N/N=C/c1ccc(OCc2ccccc2Cl)cc1)C(=O)Nc1cc(Cl)cc(Cl)c1. The molecule has 0 saturated carbocycles. The summed E-state index contributed by atoms with van der Waals surface area (Å²) < 4.78 is 5.70. The average molecular weight is 477 g/mol. The van der Waals surface area contributed by atoms with Crippen LogP contribution in [0, 0.1) is 0 Å². The monoisotopic (exact) mass is 475 g/mol. The number of carbonyl (C=O) groups excluding carboxylic acids is 2. The Morgan fingerprint density at radius 3 is 2.26 bits per heavy atom. The van der Waals surface area contributed by atoms with Gasteiger partial charge in [0.1, 0.15) is 12.4 Å². The van der Waals surface area contributed by atoms with Crippen molar-refractivity contribution in [3.05, 3.63) is 92.9 Å². The molecule has 3 rings (SSSR count). The number of benzene rings is 3. The fourth-order valence-electron chi connectivity index (χ4n) is 2.46. The molecule has 0 heterocycles. The van der Waals surface area contributed by atoms with Gasteiger partial charge in [-0.3, -0.25) is 9.59 Å². The van der Waals surface area contributed by atoms with Crippen LogP contribution in [-0.4, -0.2) is 18.0 Å². The maximum atomic E-state index is 11.9.